The summed E-state index contributed by atoms with van der Waals surface area (Å²) in [6.07, 6.45) is -0.0440. The van der Waals surface area contributed by atoms with Crippen LogP contribution >= 0.6 is 11.3 Å². The minimum atomic E-state index is -0.403. The number of carbonyl (C=O) groups is 1. The van der Waals surface area contributed by atoms with Gasteiger partial charge in [0.05, 0.1) is 12.2 Å². The predicted molar refractivity (Wildman–Crippen MR) is 110 cm³/mol. The van der Waals surface area contributed by atoms with E-state index in [1.807, 2.05) is 31.2 Å². The quantitative estimate of drug-likeness (QED) is 0.519. The zero-order valence-electron chi connectivity index (χ0n) is 16.5. The molecule has 1 unspecified atom stereocenters. The summed E-state index contributed by atoms with van der Waals surface area (Å²) in [5.74, 6) is -0.134. The average Bonchev–Trinajstić information content (AvgIpc) is 3.12. The van der Waals surface area contributed by atoms with Crippen LogP contribution in [0.4, 0.5) is 10.1 Å². The normalized spacial score (nSPS) is 12.5. The third kappa shape index (κ3) is 6.58. The number of hydrogen-bond donors (Lipinski definition) is 2. The van der Waals surface area contributed by atoms with Crippen molar-refractivity contribution >= 4 is 28.9 Å². The van der Waals surface area contributed by atoms with Crippen LogP contribution in [0.2, 0.25) is 0 Å². The van der Waals surface area contributed by atoms with E-state index in [2.05, 4.69) is 20.6 Å². The minimum Gasteiger partial charge on any atom is -0.375 e. The van der Waals surface area contributed by atoms with Crippen molar-refractivity contribution in [2.75, 3.05) is 32.6 Å². The van der Waals surface area contributed by atoms with Crippen molar-refractivity contribution in [2.45, 2.75) is 26.5 Å². The number of methoxy groups -OCH3 is 1. The number of ether oxygens (including phenoxy) is 1. The van der Waals surface area contributed by atoms with Gasteiger partial charge in [-0.2, -0.15) is 0 Å². The molecule has 9 heteroatoms. The van der Waals surface area contributed by atoms with Crippen LogP contribution < -0.4 is 10.6 Å². The van der Waals surface area contributed by atoms with Crippen LogP contribution in [0.15, 0.2) is 34.6 Å². The molecule has 152 valence electrons. The monoisotopic (exact) mass is 407 g/mol. The fraction of sp³-hybridized carbons (Fsp3) is 0.421. The Balaban J connectivity index is 1.98. The molecule has 1 aromatic carbocycles. The lowest BCUT2D eigenvalue weighted by Crippen LogP contribution is -2.39. The Morgan fingerprint density at radius 3 is 2.93 bits per heavy atom. The van der Waals surface area contributed by atoms with E-state index in [4.69, 9.17) is 4.74 Å². The van der Waals surface area contributed by atoms with E-state index in [0.717, 1.165) is 10.7 Å². The Morgan fingerprint density at radius 1 is 1.46 bits per heavy atom. The smallest absolute Gasteiger partial charge is 0.246 e. The number of hydrogen-bond acceptors (Lipinski definition) is 5. The third-order valence-corrected chi connectivity index (χ3v) is 4.90. The lowest BCUT2D eigenvalue weighted by molar-refractivity contribution is -0.114. The van der Waals surface area contributed by atoms with Crippen molar-refractivity contribution in [1.29, 1.82) is 0 Å². The van der Waals surface area contributed by atoms with Crippen molar-refractivity contribution < 1.29 is 13.9 Å². The number of guanidine groups is 1. The molecule has 0 saturated carbocycles. The SMILES string of the molecule is CCNC(=NCC(=O)Nc1cccc(F)c1)N(C)Cc1csc(C(C)OC)n1. The van der Waals surface area contributed by atoms with Gasteiger partial charge in [0.25, 0.3) is 0 Å². The summed E-state index contributed by atoms with van der Waals surface area (Å²) >= 11 is 1.55. The van der Waals surface area contributed by atoms with Gasteiger partial charge >= 0.3 is 0 Å². The van der Waals surface area contributed by atoms with Gasteiger partial charge in [-0.25, -0.2) is 14.4 Å². The molecule has 1 atom stereocenters. The highest BCUT2D eigenvalue weighted by Gasteiger charge is 2.13. The first-order chi connectivity index (χ1) is 13.4. The Morgan fingerprint density at radius 2 is 2.25 bits per heavy atom. The minimum absolute atomic E-state index is 0.0440. The van der Waals surface area contributed by atoms with Crippen LogP contribution in [0.5, 0.6) is 0 Å². The summed E-state index contributed by atoms with van der Waals surface area (Å²) in [7, 11) is 3.54. The third-order valence-electron chi connectivity index (χ3n) is 3.85. The van der Waals surface area contributed by atoms with Crippen LogP contribution in [0.3, 0.4) is 0 Å². The Bertz CT molecular complexity index is 811. The molecule has 2 N–H and O–H groups in total. The number of nitrogens with zero attached hydrogens (tertiary/aromatic N) is 3. The molecule has 0 radical (unpaired) electrons. The van der Waals surface area contributed by atoms with E-state index in [9.17, 15) is 9.18 Å². The predicted octanol–water partition coefficient (Wildman–Crippen LogP) is 3.03. The van der Waals surface area contributed by atoms with E-state index >= 15 is 0 Å². The van der Waals surface area contributed by atoms with Gasteiger partial charge in [0.2, 0.25) is 5.91 Å². The number of halogens is 1. The molecule has 28 heavy (non-hydrogen) atoms. The van der Waals surface area contributed by atoms with E-state index in [0.29, 0.717) is 24.7 Å². The average molecular weight is 408 g/mol. The maximum atomic E-state index is 13.2. The number of amides is 1. The van der Waals surface area contributed by atoms with Gasteiger partial charge in [0.1, 0.15) is 23.5 Å². The second-order valence-electron chi connectivity index (χ2n) is 6.14. The molecule has 2 aromatic rings. The van der Waals surface area contributed by atoms with E-state index in [1.54, 1.807) is 30.6 Å². The summed E-state index contributed by atoms with van der Waals surface area (Å²) in [5, 5.41) is 8.70. The number of anilines is 1. The molecule has 0 aliphatic heterocycles. The molecule has 1 amide bonds. The maximum Gasteiger partial charge on any atom is 0.246 e. The van der Waals surface area contributed by atoms with Gasteiger partial charge < -0.3 is 20.3 Å². The summed E-state index contributed by atoms with van der Waals surface area (Å²) in [6.45, 7) is 5.04. The number of benzene rings is 1. The molecule has 0 bridgehead atoms. The van der Waals surface area contributed by atoms with Crippen molar-refractivity contribution in [3.8, 4) is 0 Å². The summed E-state index contributed by atoms with van der Waals surface area (Å²) < 4.78 is 18.5. The first-order valence-electron chi connectivity index (χ1n) is 8.94. The lowest BCUT2D eigenvalue weighted by atomic mass is 10.3. The van der Waals surface area contributed by atoms with Crippen LogP contribution in [-0.2, 0) is 16.1 Å². The van der Waals surface area contributed by atoms with Crippen molar-refractivity contribution in [3.63, 3.8) is 0 Å². The number of aromatic nitrogens is 1. The van der Waals surface area contributed by atoms with Gasteiger partial charge in [-0.1, -0.05) is 6.07 Å². The highest BCUT2D eigenvalue weighted by atomic mass is 32.1. The van der Waals surface area contributed by atoms with E-state index in [-0.39, 0.29) is 18.6 Å². The molecule has 0 aliphatic rings. The zero-order chi connectivity index (χ0) is 20.5. The highest BCUT2D eigenvalue weighted by Crippen LogP contribution is 2.20. The van der Waals surface area contributed by atoms with Gasteiger partial charge in [0.15, 0.2) is 5.96 Å². The van der Waals surface area contributed by atoms with Gasteiger partial charge in [-0.15, -0.1) is 11.3 Å². The van der Waals surface area contributed by atoms with Gasteiger partial charge in [0, 0.05) is 31.8 Å². The van der Waals surface area contributed by atoms with Crippen LogP contribution in [0.25, 0.3) is 0 Å². The molecule has 1 aromatic heterocycles. The molecule has 7 nitrogen and oxygen atoms in total. The first kappa shape index (κ1) is 21.8. The molecular formula is C19H26FN5O2S. The van der Waals surface area contributed by atoms with Gasteiger partial charge in [-0.3, -0.25) is 4.79 Å². The largest absolute Gasteiger partial charge is 0.375 e. The van der Waals surface area contributed by atoms with E-state index < -0.39 is 5.82 Å². The molecule has 1 heterocycles. The number of nitrogens with one attached hydrogen (secondary N) is 2. The Hall–Kier alpha value is -2.52. The van der Waals surface area contributed by atoms with E-state index in [1.165, 1.54) is 12.1 Å². The fourth-order valence-electron chi connectivity index (χ4n) is 2.38. The maximum absolute atomic E-state index is 13.2. The lowest BCUT2D eigenvalue weighted by Gasteiger charge is -2.21. The Kier molecular flexibility index (Phi) is 8.34. The molecule has 0 aliphatic carbocycles. The molecule has 2 rings (SSSR count). The summed E-state index contributed by atoms with van der Waals surface area (Å²) in [4.78, 5) is 23.0. The topological polar surface area (TPSA) is 78.9 Å². The standard InChI is InChI=1S/C19H26FN5O2S/c1-5-21-19(22-10-17(26)23-15-8-6-7-14(20)9-15)25(3)11-16-12-28-18(24-16)13(2)27-4/h6-9,12-13H,5,10-11H2,1-4H3,(H,21,22)(H,23,26). The zero-order valence-corrected chi connectivity index (χ0v) is 17.3. The number of aliphatic imine (C=N–C) groups is 1. The van der Waals surface area contributed by atoms with Crippen molar-refractivity contribution in [1.82, 2.24) is 15.2 Å². The molecule has 0 saturated heterocycles. The summed E-state index contributed by atoms with van der Waals surface area (Å²) in [5.41, 5.74) is 1.31. The van der Waals surface area contributed by atoms with Crippen molar-refractivity contribution in [2.24, 2.45) is 4.99 Å². The number of thiazole rings is 1. The van der Waals surface area contributed by atoms with Crippen LogP contribution in [0.1, 0.15) is 30.7 Å². The number of carbonyl (C=O) groups excluding carboxylic acids is 1. The van der Waals surface area contributed by atoms with Crippen LogP contribution in [0, 0.1) is 5.82 Å². The summed E-state index contributed by atoms with van der Waals surface area (Å²) in [6, 6.07) is 5.75. The fourth-order valence-corrected chi connectivity index (χ4v) is 3.23. The molecule has 0 spiro atoms. The highest BCUT2D eigenvalue weighted by molar-refractivity contribution is 7.09. The second-order valence-corrected chi connectivity index (χ2v) is 7.03. The van der Waals surface area contributed by atoms with Gasteiger partial charge in [-0.05, 0) is 32.0 Å². The van der Waals surface area contributed by atoms with Crippen molar-refractivity contribution in [3.05, 3.63) is 46.2 Å². The Labute approximate surface area is 168 Å². The first-order valence-corrected chi connectivity index (χ1v) is 9.82. The number of rotatable bonds is 8. The second kappa shape index (κ2) is 10.7. The molecular weight excluding hydrogens is 381 g/mol. The molecule has 0 fully saturated rings. The van der Waals surface area contributed by atoms with Crippen LogP contribution in [-0.4, -0.2) is 49.0 Å².